The van der Waals surface area contributed by atoms with Crippen LogP contribution in [0, 0.1) is 0 Å². The maximum Gasteiger partial charge on any atom is 0.124 e. The summed E-state index contributed by atoms with van der Waals surface area (Å²) in [6.07, 6.45) is 0.169. The average molecular weight is 265 g/mol. The van der Waals surface area contributed by atoms with Gasteiger partial charge in [0.1, 0.15) is 5.75 Å². The van der Waals surface area contributed by atoms with Crippen molar-refractivity contribution < 1.29 is 9.47 Å². The molecule has 3 heteroatoms. The van der Waals surface area contributed by atoms with Crippen LogP contribution in [0.4, 0.5) is 0 Å². The average Bonchev–Trinajstić information content (AvgIpc) is 2.29. The molecule has 0 amide bonds. The van der Waals surface area contributed by atoms with Crippen LogP contribution in [-0.4, -0.2) is 25.4 Å². The van der Waals surface area contributed by atoms with Crippen molar-refractivity contribution in [3.05, 3.63) is 29.8 Å². The normalized spacial score (nSPS) is 13.6. The number of rotatable bonds is 6. The fourth-order valence-corrected chi connectivity index (χ4v) is 1.79. The number of benzene rings is 1. The first-order chi connectivity index (χ1) is 8.83. The zero-order valence-corrected chi connectivity index (χ0v) is 13.0. The second-order valence-electron chi connectivity index (χ2n) is 5.97. The molecular weight excluding hydrogens is 238 g/mol. The van der Waals surface area contributed by atoms with Crippen LogP contribution in [0.2, 0.25) is 0 Å². The van der Waals surface area contributed by atoms with Gasteiger partial charge in [-0.05, 0) is 47.7 Å². The molecule has 0 aliphatic heterocycles. The fourth-order valence-electron chi connectivity index (χ4n) is 1.79. The number of likely N-dealkylation sites (N-methyl/N-ethyl adjacent to an activating group) is 1. The zero-order valence-electron chi connectivity index (χ0n) is 13.0. The highest BCUT2D eigenvalue weighted by atomic mass is 16.5. The minimum atomic E-state index is -0.136. The first-order valence-corrected chi connectivity index (χ1v) is 6.90. The Hall–Kier alpha value is -1.06. The van der Waals surface area contributed by atoms with E-state index in [1.54, 1.807) is 0 Å². The van der Waals surface area contributed by atoms with Gasteiger partial charge in [0.05, 0.1) is 24.4 Å². The highest BCUT2D eigenvalue weighted by Gasteiger charge is 2.18. The van der Waals surface area contributed by atoms with Gasteiger partial charge < -0.3 is 14.8 Å². The summed E-state index contributed by atoms with van der Waals surface area (Å²) in [5, 5.41) is 3.30. The molecule has 0 saturated heterocycles. The number of hydrogen-bond acceptors (Lipinski definition) is 3. The maximum atomic E-state index is 5.88. The van der Waals surface area contributed by atoms with Crippen LogP contribution in [0.3, 0.4) is 0 Å². The summed E-state index contributed by atoms with van der Waals surface area (Å²) in [6, 6.07) is 8.26. The Kier molecular flexibility index (Phi) is 5.83. The lowest BCUT2D eigenvalue weighted by Gasteiger charge is -2.26. The van der Waals surface area contributed by atoms with Crippen molar-refractivity contribution in [2.24, 2.45) is 0 Å². The molecule has 0 heterocycles. The predicted octanol–water partition coefficient (Wildman–Crippen LogP) is 3.55. The van der Waals surface area contributed by atoms with Gasteiger partial charge in [0.25, 0.3) is 0 Å². The van der Waals surface area contributed by atoms with Crippen molar-refractivity contribution in [2.45, 2.75) is 52.4 Å². The zero-order chi connectivity index (χ0) is 14.5. The number of para-hydroxylation sites is 1. The van der Waals surface area contributed by atoms with Gasteiger partial charge in [0, 0.05) is 5.56 Å². The first-order valence-electron chi connectivity index (χ1n) is 6.90. The number of hydrogen-bond donors (Lipinski definition) is 1. The van der Waals surface area contributed by atoms with Crippen molar-refractivity contribution in [1.82, 2.24) is 5.32 Å². The van der Waals surface area contributed by atoms with E-state index in [4.69, 9.17) is 9.47 Å². The SMILES string of the molecule is CNC(COC(C)(C)C)c1ccccc1OC(C)C. The van der Waals surface area contributed by atoms with Gasteiger partial charge in [-0.1, -0.05) is 18.2 Å². The Morgan fingerprint density at radius 3 is 2.32 bits per heavy atom. The molecule has 0 aliphatic rings. The molecule has 0 bridgehead atoms. The van der Waals surface area contributed by atoms with E-state index >= 15 is 0 Å². The van der Waals surface area contributed by atoms with E-state index in [9.17, 15) is 0 Å². The second-order valence-corrected chi connectivity index (χ2v) is 5.97. The fraction of sp³-hybridized carbons (Fsp3) is 0.625. The van der Waals surface area contributed by atoms with Gasteiger partial charge in [-0.15, -0.1) is 0 Å². The van der Waals surface area contributed by atoms with E-state index in [0.29, 0.717) is 6.61 Å². The monoisotopic (exact) mass is 265 g/mol. The van der Waals surface area contributed by atoms with E-state index in [2.05, 4.69) is 32.2 Å². The Morgan fingerprint density at radius 1 is 1.16 bits per heavy atom. The molecule has 108 valence electrons. The summed E-state index contributed by atoms with van der Waals surface area (Å²) < 4.78 is 11.7. The van der Waals surface area contributed by atoms with E-state index in [1.165, 1.54) is 0 Å². The summed E-state index contributed by atoms with van der Waals surface area (Å²) in [7, 11) is 1.95. The van der Waals surface area contributed by atoms with Crippen LogP contribution < -0.4 is 10.1 Å². The van der Waals surface area contributed by atoms with E-state index in [0.717, 1.165) is 11.3 Å². The van der Waals surface area contributed by atoms with Crippen molar-refractivity contribution in [3.63, 3.8) is 0 Å². The topological polar surface area (TPSA) is 30.5 Å². The van der Waals surface area contributed by atoms with E-state index in [-0.39, 0.29) is 17.7 Å². The maximum absolute atomic E-state index is 5.88. The van der Waals surface area contributed by atoms with Crippen molar-refractivity contribution >= 4 is 0 Å². The quantitative estimate of drug-likeness (QED) is 0.853. The summed E-state index contributed by atoms with van der Waals surface area (Å²) >= 11 is 0. The standard InChI is InChI=1S/C16H27NO2/c1-12(2)19-15-10-8-7-9-13(15)14(17-6)11-18-16(3,4)5/h7-10,12,14,17H,11H2,1-6H3. The molecule has 0 radical (unpaired) electrons. The van der Waals surface area contributed by atoms with E-state index in [1.807, 2.05) is 39.1 Å². The molecule has 1 rings (SSSR count). The predicted molar refractivity (Wildman–Crippen MR) is 79.7 cm³/mol. The van der Waals surface area contributed by atoms with Crippen LogP contribution >= 0.6 is 0 Å². The molecule has 1 atom stereocenters. The second kappa shape index (κ2) is 6.92. The minimum absolute atomic E-state index is 0.133. The summed E-state index contributed by atoms with van der Waals surface area (Å²) in [5.74, 6) is 0.925. The van der Waals surface area contributed by atoms with Crippen molar-refractivity contribution in [3.8, 4) is 5.75 Å². The molecule has 1 unspecified atom stereocenters. The molecule has 1 aromatic carbocycles. The lowest BCUT2D eigenvalue weighted by molar-refractivity contribution is -0.0143. The van der Waals surface area contributed by atoms with Gasteiger partial charge in [-0.3, -0.25) is 0 Å². The molecule has 1 N–H and O–H groups in total. The van der Waals surface area contributed by atoms with Crippen LogP contribution in [0.5, 0.6) is 5.75 Å². The van der Waals surface area contributed by atoms with Crippen LogP contribution in [0.25, 0.3) is 0 Å². The summed E-state index contributed by atoms with van der Waals surface area (Å²) in [5.41, 5.74) is 1.01. The Morgan fingerprint density at radius 2 is 1.79 bits per heavy atom. The van der Waals surface area contributed by atoms with Gasteiger partial charge in [-0.25, -0.2) is 0 Å². The van der Waals surface area contributed by atoms with Crippen LogP contribution in [0.1, 0.15) is 46.2 Å². The van der Waals surface area contributed by atoms with Gasteiger partial charge in [0.2, 0.25) is 0 Å². The number of nitrogens with one attached hydrogen (secondary N) is 1. The molecule has 0 saturated carbocycles. The molecule has 0 spiro atoms. The third-order valence-corrected chi connectivity index (χ3v) is 2.69. The summed E-state index contributed by atoms with van der Waals surface area (Å²) in [6.45, 7) is 10.9. The smallest absolute Gasteiger partial charge is 0.124 e. The molecule has 0 aromatic heterocycles. The molecular formula is C16H27NO2. The molecule has 0 aliphatic carbocycles. The lowest BCUT2D eigenvalue weighted by atomic mass is 10.1. The molecule has 0 fully saturated rings. The summed E-state index contributed by atoms with van der Waals surface area (Å²) in [4.78, 5) is 0. The third kappa shape index (κ3) is 5.62. The van der Waals surface area contributed by atoms with E-state index < -0.39 is 0 Å². The Balaban J connectivity index is 2.85. The van der Waals surface area contributed by atoms with Crippen LogP contribution in [-0.2, 0) is 4.74 Å². The highest BCUT2D eigenvalue weighted by molar-refractivity contribution is 5.36. The Labute approximate surface area is 117 Å². The minimum Gasteiger partial charge on any atom is -0.491 e. The lowest BCUT2D eigenvalue weighted by Crippen LogP contribution is -2.28. The van der Waals surface area contributed by atoms with Gasteiger partial charge >= 0.3 is 0 Å². The largest absolute Gasteiger partial charge is 0.491 e. The van der Waals surface area contributed by atoms with Crippen LogP contribution in [0.15, 0.2) is 24.3 Å². The first kappa shape index (κ1) is 16.0. The van der Waals surface area contributed by atoms with Crippen molar-refractivity contribution in [2.75, 3.05) is 13.7 Å². The van der Waals surface area contributed by atoms with Crippen molar-refractivity contribution in [1.29, 1.82) is 0 Å². The molecule has 3 nitrogen and oxygen atoms in total. The highest BCUT2D eigenvalue weighted by Crippen LogP contribution is 2.27. The molecule has 19 heavy (non-hydrogen) atoms. The number of ether oxygens (including phenoxy) is 2. The third-order valence-electron chi connectivity index (χ3n) is 2.69. The van der Waals surface area contributed by atoms with Gasteiger partial charge in [0.15, 0.2) is 0 Å². The van der Waals surface area contributed by atoms with Gasteiger partial charge in [-0.2, -0.15) is 0 Å². The Bertz CT molecular complexity index is 383. The molecule has 1 aromatic rings.